The lowest BCUT2D eigenvalue weighted by Gasteiger charge is -2.12. The maximum atomic E-state index is 13.8. The predicted molar refractivity (Wildman–Crippen MR) is 123 cm³/mol. The van der Waals surface area contributed by atoms with Crippen LogP contribution in [0.3, 0.4) is 0 Å². The summed E-state index contributed by atoms with van der Waals surface area (Å²) >= 11 is 1.22. The Labute approximate surface area is 193 Å². The van der Waals surface area contributed by atoms with Gasteiger partial charge in [0.1, 0.15) is 22.7 Å². The fraction of sp³-hybridized carbons (Fsp3) is 0.348. The second-order valence-corrected chi connectivity index (χ2v) is 11.6. The van der Waals surface area contributed by atoms with Crippen LogP contribution in [0.4, 0.5) is 13.9 Å². The SMILES string of the molecule is O=C(Nc1nc2cccnc2s1)/C(=C/C1CC(F)C(F)C1)c1ccc(S(=O)(=O)C2CC2)cc1. The maximum absolute atomic E-state index is 13.8. The number of carbonyl (C=O) groups excluding carboxylic acids is 1. The van der Waals surface area contributed by atoms with Crippen molar-refractivity contribution < 1.29 is 22.0 Å². The number of hydrogen-bond donors (Lipinski definition) is 1. The molecule has 1 aromatic carbocycles. The minimum Gasteiger partial charge on any atom is -0.298 e. The molecule has 10 heteroatoms. The average molecular weight is 490 g/mol. The highest BCUT2D eigenvalue weighted by atomic mass is 32.2. The Morgan fingerprint density at radius 3 is 2.42 bits per heavy atom. The van der Waals surface area contributed by atoms with Crippen molar-refractivity contribution >= 4 is 48.1 Å². The molecule has 2 heterocycles. The lowest BCUT2D eigenvalue weighted by molar-refractivity contribution is -0.111. The zero-order valence-corrected chi connectivity index (χ0v) is 19.1. The molecule has 0 saturated heterocycles. The van der Waals surface area contributed by atoms with Crippen LogP contribution in [0.5, 0.6) is 0 Å². The molecular weight excluding hydrogens is 468 g/mol. The van der Waals surface area contributed by atoms with E-state index in [-0.39, 0.29) is 28.6 Å². The van der Waals surface area contributed by atoms with Gasteiger partial charge < -0.3 is 0 Å². The van der Waals surface area contributed by atoms with Gasteiger partial charge in [-0.25, -0.2) is 27.2 Å². The first kappa shape index (κ1) is 22.1. The average Bonchev–Trinajstić information content (AvgIpc) is 3.51. The molecule has 2 saturated carbocycles. The first-order valence-electron chi connectivity index (χ1n) is 10.7. The molecule has 5 rings (SSSR count). The van der Waals surface area contributed by atoms with Gasteiger partial charge in [0.05, 0.1) is 10.1 Å². The third kappa shape index (κ3) is 4.54. The third-order valence-corrected chi connectivity index (χ3v) is 9.11. The van der Waals surface area contributed by atoms with Crippen LogP contribution >= 0.6 is 11.3 Å². The molecular formula is C23H21F2N3O3S2. The number of rotatable bonds is 6. The number of halogens is 2. The van der Waals surface area contributed by atoms with E-state index in [9.17, 15) is 22.0 Å². The molecule has 2 aliphatic rings. The van der Waals surface area contributed by atoms with Crippen LogP contribution in [-0.4, -0.2) is 41.9 Å². The van der Waals surface area contributed by atoms with Crippen LogP contribution in [-0.2, 0) is 14.6 Å². The smallest absolute Gasteiger partial charge is 0.257 e. The summed E-state index contributed by atoms with van der Waals surface area (Å²) in [5.41, 5.74) is 1.34. The van der Waals surface area contributed by atoms with E-state index < -0.39 is 34.0 Å². The Kier molecular flexibility index (Phi) is 5.74. The standard InChI is InChI=1S/C23H21F2N3O3S2/c24-18-11-13(12-19(18)25)10-17(14-3-5-15(6-4-14)33(30,31)16-7-8-16)21(29)28-23-27-20-2-1-9-26-22(20)32-23/h1-6,9-10,13,16,18-19H,7-8,11-12H2,(H,27,28,29)/b17-10+. The summed E-state index contributed by atoms with van der Waals surface area (Å²) in [6, 6.07) is 9.63. The predicted octanol–water partition coefficient (Wildman–Crippen LogP) is 4.74. The lowest BCUT2D eigenvalue weighted by atomic mass is 9.98. The fourth-order valence-electron chi connectivity index (χ4n) is 4.03. The number of nitrogens with zero attached hydrogens (tertiary/aromatic N) is 2. The number of hydrogen-bond acceptors (Lipinski definition) is 6. The topological polar surface area (TPSA) is 89.0 Å². The van der Waals surface area contributed by atoms with Crippen molar-refractivity contribution in [2.45, 2.75) is 48.2 Å². The van der Waals surface area contributed by atoms with Gasteiger partial charge in [-0.3, -0.25) is 10.1 Å². The molecule has 0 spiro atoms. The van der Waals surface area contributed by atoms with E-state index in [0.717, 1.165) is 0 Å². The molecule has 2 fully saturated rings. The number of alkyl halides is 2. The first-order chi connectivity index (χ1) is 15.8. The van der Waals surface area contributed by atoms with Crippen LogP contribution in [0.1, 0.15) is 31.2 Å². The van der Waals surface area contributed by atoms with Gasteiger partial charge in [0.25, 0.3) is 5.91 Å². The van der Waals surface area contributed by atoms with E-state index in [0.29, 0.717) is 33.9 Å². The molecule has 0 bridgehead atoms. The summed E-state index contributed by atoms with van der Waals surface area (Å²) in [6.45, 7) is 0. The van der Waals surface area contributed by atoms with Gasteiger partial charge in [0.2, 0.25) is 0 Å². The highest BCUT2D eigenvalue weighted by Gasteiger charge is 2.37. The molecule has 2 aromatic heterocycles. The molecule has 172 valence electrons. The monoisotopic (exact) mass is 489 g/mol. The van der Waals surface area contributed by atoms with E-state index >= 15 is 0 Å². The van der Waals surface area contributed by atoms with Crippen LogP contribution in [0.15, 0.2) is 53.6 Å². The minimum absolute atomic E-state index is 0.00283. The van der Waals surface area contributed by atoms with Gasteiger partial charge >= 0.3 is 0 Å². The highest BCUT2D eigenvalue weighted by molar-refractivity contribution is 7.92. The molecule has 1 amide bonds. The number of carbonyl (C=O) groups is 1. The summed E-state index contributed by atoms with van der Waals surface area (Å²) in [5.74, 6) is -0.924. The number of thiazole rings is 1. The number of fused-ring (bicyclic) bond motifs is 1. The van der Waals surface area contributed by atoms with Gasteiger partial charge in [-0.2, -0.15) is 0 Å². The van der Waals surface area contributed by atoms with E-state index in [4.69, 9.17) is 0 Å². The van der Waals surface area contributed by atoms with Gasteiger partial charge in [0.15, 0.2) is 15.0 Å². The maximum Gasteiger partial charge on any atom is 0.257 e. The Morgan fingerprint density at radius 2 is 1.79 bits per heavy atom. The molecule has 2 aliphatic carbocycles. The van der Waals surface area contributed by atoms with Crippen molar-refractivity contribution in [3.63, 3.8) is 0 Å². The van der Waals surface area contributed by atoms with Crippen molar-refractivity contribution in [1.29, 1.82) is 0 Å². The number of anilines is 1. The van der Waals surface area contributed by atoms with Gasteiger partial charge in [0, 0.05) is 11.8 Å². The summed E-state index contributed by atoms with van der Waals surface area (Å²) in [4.78, 5) is 22.6. The number of allylic oxidation sites excluding steroid dienone is 1. The second-order valence-electron chi connectivity index (χ2n) is 8.41. The first-order valence-corrected chi connectivity index (χ1v) is 13.0. The number of nitrogens with one attached hydrogen (secondary N) is 1. The molecule has 0 aliphatic heterocycles. The summed E-state index contributed by atoms with van der Waals surface area (Å²) in [6.07, 6.45) is 1.41. The Balaban J connectivity index is 1.45. The van der Waals surface area contributed by atoms with Crippen molar-refractivity contribution in [1.82, 2.24) is 9.97 Å². The van der Waals surface area contributed by atoms with Crippen molar-refractivity contribution in [2.75, 3.05) is 5.32 Å². The number of pyridine rings is 1. The van der Waals surface area contributed by atoms with E-state index in [1.807, 2.05) is 0 Å². The van der Waals surface area contributed by atoms with Crippen LogP contribution in [0.25, 0.3) is 15.9 Å². The quantitative estimate of drug-likeness (QED) is 0.506. The molecule has 6 nitrogen and oxygen atoms in total. The second kappa shape index (κ2) is 8.57. The minimum atomic E-state index is -3.36. The van der Waals surface area contributed by atoms with Crippen LogP contribution in [0.2, 0.25) is 0 Å². The van der Waals surface area contributed by atoms with E-state index in [1.54, 1.807) is 36.5 Å². The van der Waals surface area contributed by atoms with Gasteiger partial charge in [-0.05, 0) is 61.4 Å². The zero-order valence-electron chi connectivity index (χ0n) is 17.4. The Hall–Kier alpha value is -2.72. The molecule has 33 heavy (non-hydrogen) atoms. The van der Waals surface area contributed by atoms with Crippen molar-refractivity contribution in [3.8, 4) is 0 Å². The molecule has 1 N–H and O–H groups in total. The van der Waals surface area contributed by atoms with Crippen LogP contribution < -0.4 is 5.32 Å². The molecule has 0 radical (unpaired) electrons. The fourth-order valence-corrected chi connectivity index (χ4v) is 6.49. The normalized spacial score (nSPS) is 23.7. The lowest BCUT2D eigenvalue weighted by Crippen LogP contribution is -2.15. The van der Waals surface area contributed by atoms with Crippen molar-refractivity contribution in [3.05, 3.63) is 54.2 Å². The van der Waals surface area contributed by atoms with E-state index in [1.165, 1.54) is 23.5 Å². The molecule has 2 atom stereocenters. The Bertz CT molecular complexity index is 1290. The largest absolute Gasteiger partial charge is 0.298 e. The van der Waals surface area contributed by atoms with Crippen LogP contribution in [0, 0.1) is 5.92 Å². The molecule has 3 aromatic rings. The third-order valence-electron chi connectivity index (χ3n) is 5.94. The highest BCUT2D eigenvalue weighted by Crippen LogP contribution is 2.36. The zero-order chi connectivity index (χ0) is 23.2. The summed E-state index contributed by atoms with van der Waals surface area (Å²) in [5, 5.41) is 2.77. The number of sulfone groups is 1. The van der Waals surface area contributed by atoms with Gasteiger partial charge in [-0.1, -0.05) is 29.5 Å². The number of benzene rings is 1. The summed E-state index contributed by atoms with van der Waals surface area (Å²) < 4.78 is 52.5. The summed E-state index contributed by atoms with van der Waals surface area (Å²) in [7, 11) is -3.36. The Morgan fingerprint density at radius 1 is 1.09 bits per heavy atom. The van der Waals surface area contributed by atoms with E-state index in [2.05, 4.69) is 15.3 Å². The number of amides is 1. The molecule has 2 unspecified atom stereocenters. The number of aromatic nitrogens is 2. The van der Waals surface area contributed by atoms with Crippen molar-refractivity contribution in [2.24, 2.45) is 5.92 Å². The van der Waals surface area contributed by atoms with Gasteiger partial charge in [-0.15, -0.1) is 0 Å².